The Morgan fingerprint density at radius 3 is 2.32 bits per heavy atom. The van der Waals surface area contributed by atoms with E-state index < -0.39 is 0 Å². The summed E-state index contributed by atoms with van der Waals surface area (Å²) in [6, 6.07) is 21.7. The van der Waals surface area contributed by atoms with Gasteiger partial charge in [-0.2, -0.15) is 5.26 Å². The lowest BCUT2D eigenvalue weighted by Crippen LogP contribution is -2.31. The number of ether oxygens (including phenoxy) is 1. The van der Waals surface area contributed by atoms with E-state index in [-0.39, 0.29) is 11.7 Å². The van der Waals surface area contributed by atoms with E-state index >= 15 is 0 Å². The Kier molecular flexibility index (Phi) is 7.69. The van der Waals surface area contributed by atoms with Crippen molar-refractivity contribution in [1.82, 2.24) is 9.88 Å². The number of hydrogen-bond acceptors (Lipinski definition) is 5. The molecule has 0 N–H and O–H groups in total. The minimum absolute atomic E-state index is 0.0387. The largest absolute Gasteiger partial charge is 0.497 e. The SMILES string of the molecule is CCN(CC)C(=O)CSc1nc(-c2ccccc2)cc(-c2ccc(OC)cc2)c1C#N. The molecule has 31 heavy (non-hydrogen) atoms. The van der Waals surface area contributed by atoms with Crippen molar-refractivity contribution in [3.63, 3.8) is 0 Å². The molecule has 0 fully saturated rings. The van der Waals surface area contributed by atoms with E-state index in [0.717, 1.165) is 28.1 Å². The molecule has 1 aromatic heterocycles. The van der Waals surface area contributed by atoms with Crippen LogP contribution in [0.25, 0.3) is 22.4 Å². The number of rotatable bonds is 8. The summed E-state index contributed by atoms with van der Waals surface area (Å²) in [5, 5.41) is 10.5. The lowest BCUT2D eigenvalue weighted by Gasteiger charge is -2.18. The summed E-state index contributed by atoms with van der Waals surface area (Å²) in [7, 11) is 1.62. The zero-order valence-electron chi connectivity index (χ0n) is 18.0. The first-order valence-corrected chi connectivity index (χ1v) is 11.1. The van der Waals surface area contributed by atoms with Crippen molar-refractivity contribution >= 4 is 17.7 Å². The molecule has 0 aliphatic rings. The Labute approximate surface area is 187 Å². The number of nitriles is 1. The molecule has 0 aliphatic carbocycles. The van der Waals surface area contributed by atoms with Crippen molar-refractivity contribution in [2.45, 2.75) is 18.9 Å². The van der Waals surface area contributed by atoms with Gasteiger partial charge in [0.15, 0.2) is 0 Å². The molecule has 0 radical (unpaired) electrons. The third-order valence-corrected chi connectivity index (χ3v) is 5.98. The smallest absolute Gasteiger partial charge is 0.232 e. The van der Waals surface area contributed by atoms with Gasteiger partial charge in [0.05, 0.1) is 24.1 Å². The molecule has 0 atom stereocenters. The van der Waals surface area contributed by atoms with Gasteiger partial charge in [0, 0.05) is 24.2 Å². The van der Waals surface area contributed by atoms with Gasteiger partial charge in [0.1, 0.15) is 16.8 Å². The zero-order chi connectivity index (χ0) is 22.2. The summed E-state index contributed by atoms with van der Waals surface area (Å²) in [4.78, 5) is 19.1. The molecule has 0 aliphatic heterocycles. The number of aromatic nitrogens is 1. The second-order valence-corrected chi connectivity index (χ2v) is 7.76. The normalized spacial score (nSPS) is 10.4. The molecule has 0 bridgehead atoms. The molecule has 5 nitrogen and oxygen atoms in total. The van der Waals surface area contributed by atoms with E-state index in [1.54, 1.807) is 12.0 Å². The van der Waals surface area contributed by atoms with Crippen molar-refractivity contribution in [2.24, 2.45) is 0 Å². The second kappa shape index (κ2) is 10.6. The predicted molar refractivity (Wildman–Crippen MR) is 125 cm³/mol. The first kappa shape index (κ1) is 22.4. The quantitative estimate of drug-likeness (QED) is 0.455. The average molecular weight is 432 g/mol. The zero-order valence-corrected chi connectivity index (χ0v) is 18.8. The average Bonchev–Trinajstić information content (AvgIpc) is 2.83. The molecule has 0 saturated carbocycles. The molecule has 1 amide bonds. The molecule has 1 heterocycles. The summed E-state index contributed by atoms with van der Waals surface area (Å²) < 4.78 is 5.26. The third-order valence-electron chi connectivity index (χ3n) is 5.02. The van der Waals surface area contributed by atoms with E-state index in [1.165, 1.54) is 11.8 Å². The van der Waals surface area contributed by atoms with E-state index in [0.29, 0.717) is 23.7 Å². The van der Waals surface area contributed by atoms with Crippen molar-refractivity contribution in [3.8, 4) is 34.2 Å². The number of amides is 1. The number of carbonyl (C=O) groups is 1. The third kappa shape index (κ3) is 5.25. The minimum atomic E-state index is 0.0387. The summed E-state index contributed by atoms with van der Waals surface area (Å²) in [5.74, 6) is 1.03. The number of pyridine rings is 1. The maximum Gasteiger partial charge on any atom is 0.232 e. The minimum Gasteiger partial charge on any atom is -0.497 e. The van der Waals surface area contributed by atoms with Gasteiger partial charge in [-0.15, -0.1) is 0 Å². The molecular formula is C25H25N3O2S. The number of thioether (sulfide) groups is 1. The lowest BCUT2D eigenvalue weighted by atomic mass is 9.99. The maximum atomic E-state index is 12.5. The van der Waals surface area contributed by atoms with Crippen LogP contribution in [0.15, 0.2) is 65.7 Å². The number of hydrogen-bond donors (Lipinski definition) is 0. The molecular weight excluding hydrogens is 406 g/mol. The highest BCUT2D eigenvalue weighted by atomic mass is 32.2. The Hall–Kier alpha value is -3.30. The number of nitrogens with zero attached hydrogens (tertiary/aromatic N) is 3. The Morgan fingerprint density at radius 1 is 1.06 bits per heavy atom. The van der Waals surface area contributed by atoms with Crippen LogP contribution in [0, 0.1) is 11.3 Å². The van der Waals surface area contributed by atoms with E-state index in [2.05, 4.69) is 6.07 Å². The van der Waals surface area contributed by atoms with Crippen molar-refractivity contribution in [2.75, 3.05) is 26.0 Å². The molecule has 2 aromatic carbocycles. The summed E-state index contributed by atoms with van der Waals surface area (Å²) >= 11 is 1.31. The van der Waals surface area contributed by atoms with E-state index in [9.17, 15) is 10.1 Å². The predicted octanol–water partition coefficient (Wildman–Crippen LogP) is 5.26. The molecule has 6 heteroatoms. The summed E-state index contributed by atoms with van der Waals surface area (Å²) in [5.41, 5.74) is 3.88. The van der Waals surface area contributed by atoms with Gasteiger partial charge in [-0.05, 0) is 37.6 Å². The fourth-order valence-electron chi connectivity index (χ4n) is 3.29. The Morgan fingerprint density at radius 2 is 1.74 bits per heavy atom. The number of benzene rings is 2. The fraction of sp³-hybridized carbons (Fsp3) is 0.240. The summed E-state index contributed by atoms with van der Waals surface area (Å²) in [6.07, 6.45) is 0. The Balaban J connectivity index is 2.07. The van der Waals surface area contributed by atoms with Crippen LogP contribution in [0.4, 0.5) is 0 Å². The maximum absolute atomic E-state index is 12.5. The van der Waals surface area contributed by atoms with Crippen molar-refractivity contribution in [3.05, 3.63) is 66.2 Å². The van der Waals surface area contributed by atoms with Crippen LogP contribution in [0.1, 0.15) is 19.4 Å². The highest BCUT2D eigenvalue weighted by molar-refractivity contribution is 8.00. The standard InChI is InChI=1S/C25H25N3O2S/c1-4-28(5-2)24(29)17-31-25-22(16-26)21(18-11-13-20(30-3)14-12-18)15-23(27-25)19-9-7-6-8-10-19/h6-15H,4-5,17H2,1-3H3. The van der Waals surface area contributed by atoms with Crippen LogP contribution < -0.4 is 4.74 Å². The van der Waals surface area contributed by atoms with Gasteiger partial charge < -0.3 is 9.64 Å². The van der Waals surface area contributed by atoms with E-state index in [4.69, 9.17) is 9.72 Å². The first-order valence-electron chi connectivity index (χ1n) is 10.2. The lowest BCUT2D eigenvalue weighted by molar-refractivity contribution is -0.127. The van der Waals surface area contributed by atoms with Crippen LogP contribution in [0.5, 0.6) is 5.75 Å². The first-order chi connectivity index (χ1) is 15.1. The molecule has 3 rings (SSSR count). The molecule has 158 valence electrons. The van der Waals surface area contributed by atoms with Gasteiger partial charge >= 0.3 is 0 Å². The molecule has 0 spiro atoms. The second-order valence-electron chi connectivity index (χ2n) is 6.80. The van der Waals surface area contributed by atoms with Crippen LogP contribution >= 0.6 is 11.8 Å². The topological polar surface area (TPSA) is 66.2 Å². The van der Waals surface area contributed by atoms with Crippen molar-refractivity contribution < 1.29 is 9.53 Å². The van der Waals surface area contributed by atoms with Gasteiger partial charge in [-0.1, -0.05) is 54.2 Å². The van der Waals surface area contributed by atoms with Crippen LogP contribution in [0.3, 0.4) is 0 Å². The van der Waals surface area contributed by atoms with E-state index in [1.807, 2.05) is 74.5 Å². The summed E-state index contributed by atoms with van der Waals surface area (Å²) in [6.45, 7) is 5.25. The molecule has 3 aromatic rings. The van der Waals surface area contributed by atoms with Gasteiger partial charge in [0.25, 0.3) is 0 Å². The number of carbonyl (C=O) groups excluding carboxylic acids is 1. The van der Waals surface area contributed by atoms with Crippen LogP contribution in [-0.2, 0) is 4.79 Å². The number of methoxy groups -OCH3 is 1. The highest BCUT2D eigenvalue weighted by Gasteiger charge is 2.18. The van der Waals surface area contributed by atoms with Crippen LogP contribution in [0.2, 0.25) is 0 Å². The molecule has 0 saturated heterocycles. The van der Waals surface area contributed by atoms with Crippen LogP contribution in [-0.4, -0.2) is 41.7 Å². The molecule has 0 unspecified atom stereocenters. The van der Waals surface area contributed by atoms with Gasteiger partial charge in [-0.3, -0.25) is 4.79 Å². The van der Waals surface area contributed by atoms with Crippen molar-refractivity contribution in [1.29, 1.82) is 5.26 Å². The van der Waals surface area contributed by atoms with Gasteiger partial charge in [-0.25, -0.2) is 4.98 Å². The Bertz CT molecular complexity index is 1070. The highest BCUT2D eigenvalue weighted by Crippen LogP contribution is 2.34. The monoisotopic (exact) mass is 431 g/mol. The fourth-order valence-corrected chi connectivity index (χ4v) is 4.19. The van der Waals surface area contributed by atoms with Gasteiger partial charge in [0.2, 0.25) is 5.91 Å².